The van der Waals surface area contributed by atoms with E-state index < -0.39 is 115 Å². The predicted molar refractivity (Wildman–Crippen MR) is 269 cm³/mol. The van der Waals surface area contributed by atoms with E-state index in [9.17, 15) is 48.3 Å². The Balaban J connectivity index is 1.10. The van der Waals surface area contributed by atoms with Crippen LogP contribution in [0.5, 0.6) is 5.75 Å². The lowest BCUT2D eigenvalue weighted by molar-refractivity contribution is -0.282. The van der Waals surface area contributed by atoms with E-state index in [1.165, 1.54) is 41.9 Å². The number of carbonyl (C=O) groups is 8. The minimum absolute atomic E-state index is 0.0154. The van der Waals surface area contributed by atoms with Crippen molar-refractivity contribution in [3.8, 4) is 29.5 Å². The van der Waals surface area contributed by atoms with Crippen molar-refractivity contribution in [2.45, 2.75) is 122 Å². The summed E-state index contributed by atoms with van der Waals surface area (Å²) in [6.45, 7) is 4.90. The van der Waals surface area contributed by atoms with E-state index in [1.54, 1.807) is 13.8 Å². The SMILES string of the molecule is C#CCOCCC(=O)N(C)CC(=O)Nc1cc(COC(=O)N[C@H]2CCc3c(C)c(F)cc4nc5c(c2c34)Cn2c-5cc3c(c2=O)COC(=O)[C@]3(O)CC)ccc1OC1OC(C(=O)OC)C(OC(C)=O)C(OC(C)=O)C1OC(C)=O. The van der Waals surface area contributed by atoms with Crippen LogP contribution in [0.25, 0.3) is 22.3 Å². The third-order valence-electron chi connectivity index (χ3n) is 13.9. The maximum absolute atomic E-state index is 15.6. The first kappa shape index (κ1) is 56.7. The van der Waals surface area contributed by atoms with E-state index in [0.29, 0.717) is 39.8 Å². The molecule has 4 aromatic rings. The van der Waals surface area contributed by atoms with Gasteiger partial charge < -0.3 is 67.8 Å². The quantitative estimate of drug-likeness (QED) is 0.0522. The molecule has 7 atom stereocenters. The van der Waals surface area contributed by atoms with Gasteiger partial charge in [-0.25, -0.2) is 23.8 Å². The number of esters is 5. The molecule has 2 aromatic heterocycles. The Kier molecular flexibility index (Phi) is 16.7. The molecule has 4 aliphatic rings. The highest BCUT2D eigenvalue weighted by atomic mass is 19.1. The second kappa shape index (κ2) is 23.2. The number of pyridine rings is 2. The summed E-state index contributed by atoms with van der Waals surface area (Å²) in [5.74, 6) is -4.49. The van der Waals surface area contributed by atoms with Crippen molar-refractivity contribution >= 4 is 64.3 Å². The molecule has 3 N–H and O–H groups in total. The van der Waals surface area contributed by atoms with Crippen LogP contribution in [-0.2, 0) is 103 Å². The van der Waals surface area contributed by atoms with E-state index in [-0.39, 0.29) is 85.0 Å². The number of halogens is 1. The third-order valence-corrected chi connectivity index (χ3v) is 13.9. The zero-order chi connectivity index (χ0) is 57.2. The first-order valence-electron chi connectivity index (χ1n) is 24.9. The van der Waals surface area contributed by atoms with Gasteiger partial charge in [0.25, 0.3) is 5.56 Å². The minimum atomic E-state index is -2.10. The molecule has 0 saturated carbocycles. The Hall–Kier alpha value is -8.47. The number of ether oxygens (including phenoxy) is 9. The summed E-state index contributed by atoms with van der Waals surface area (Å²) in [7, 11) is 2.38. The summed E-state index contributed by atoms with van der Waals surface area (Å²) >= 11 is 0. The topological polar surface area (TPSA) is 302 Å². The van der Waals surface area contributed by atoms with Crippen molar-refractivity contribution in [2.24, 2.45) is 0 Å². The van der Waals surface area contributed by atoms with Crippen LogP contribution < -0.4 is 20.9 Å². The molecule has 3 amide bonds. The summed E-state index contributed by atoms with van der Waals surface area (Å²) in [6.07, 6.45) is -4.16. The maximum Gasteiger partial charge on any atom is 0.407 e. The number of hydrogen-bond donors (Lipinski definition) is 3. The number of anilines is 1. The van der Waals surface area contributed by atoms with Crippen molar-refractivity contribution in [1.29, 1.82) is 0 Å². The van der Waals surface area contributed by atoms with Crippen LogP contribution in [0.4, 0.5) is 14.9 Å². The predicted octanol–water partition coefficient (Wildman–Crippen LogP) is 2.95. The van der Waals surface area contributed by atoms with Crippen molar-refractivity contribution in [3.63, 3.8) is 0 Å². The molecule has 0 radical (unpaired) electrons. The number of rotatable bonds is 17. The molecule has 1 aliphatic carbocycles. The number of alkyl carbamates (subject to hydrolysis) is 1. The number of terminal acetylenes is 1. The van der Waals surface area contributed by atoms with Gasteiger partial charge >= 0.3 is 35.9 Å². The van der Waals surface area contributed by atoms with Gasteiger partial charge in [0.1, 0.15) is 31.4 Å². The number of fused-ring (bicyclic) bond motifs is 5. The molecule has 0 bridgehead atoms. The molecule has 79 heavy (non-hydrogen) atoms. The summed E-state index contributed by atoms with van der Waals surface area (Å²) in [5, 5.41) is 17.6. The molecule has 0 spiro atoms. The second-order valence-corrected chi connectivity index (χ2v) is 19.0. The smallest absolute Gasteiger partial charge is 0.407 e. The van der Waals surface area contributed by atoms with E-state index >= 15 is 4.39 Å². The monoisotopic (exact) mass is 1100 g/mol. The van der Waals surface area contributed by atoms with Crippen molar-refractivity contribution in [1.82, 2.24) is 19.8 Å². The van der Waals surface area contributed by atoms with Gasteiger partial charge in [-0.2, -0.15) is 0 Å². The van der Waals surface area contributed by atoms with Crippen molar-refractivity contribution < 1.29 is 90.5 Å². The molecule has 3 aliphatic heterocycles. The van der Waals surface area contributed by atoms with Crippen LogP contribution >= 0.6 is 0 Å². The number of aliphatic hydroxyl groups is 1. The lowest BCUT2D eigenvalue weighted by atomic mass is 9.81. The second-order valence-electron chi connectivity index (χ2n) is 19.0. The number of amides is 3. The van der Waals surface area contributed by atoms with Gasteiger partial charge in [-0.1, -0.05) is 18.9 Å². The average molecular weight is 1100 g/mol. The van der Waals surface area contributed by atoms with Crippen LogP contribution in [0, 0.1) is 25.1 Å². The number of benzene rings is 2. The largest absolute Gasteiger partial charge is 0.467 e. The van der Waals surface area contributed by atoms with Crippen LogP contribution in [0.15, 0.2) is 35.1 Å². The van der Waals surface area contributed by atoms with Gasteiger partial charge in [-0.3, -0.25) is 28.8 Å². The molecular weight excluding hydrogens is 1040 g/mol. The maximum atomic E-state index is 15.6. The number of aromatic nitrogens is 2. The Morgan fingerprint density at radius 1 is 0.987 bits per heavy atom. The van der Waals surface area contributed by atoms with Gasteiger partial charge in [0.2, 0.25) is 24.2 Å². The number of likely N-dealkylation sites (N-methyl/N-ethyl adjacent to an activating group) is 1. The molecule has 25 heteroatoms. The Morgan fingerprint density at radius 2 is 1.70 bits per heavy atom. The molecule has 1 saturated heterocycles. The molecule has 2 aromatic carbocycles. The van der Waals surface area contributed by atoms with E-state index in [4.69, 9.17) is 54.0 Å². The average Bonchev–Trinajstić information content (AvgIpc) is 4.02. The zero-order valence-corrected chi connectivity index (χ0v) is 44.0. The Bertz CT molecular complexity index is 3300. The first-order valence-corrected chi connectivity index (χ1v) is 24.9. The minimum Gasteiger partial charge on any atom is -0.467 e. The van der Waals surface area contributed by atoms with E-state index in [1.807, 2.05) is 0 Å². The van der Waals surface area contributed by atoms with E-state index in [2.05, 4.69) is 16.6 Å². The van der Waals surface area contributed by atoms with Crippen molar-refractivity contribution in [2.75, 3.05) is 39.2 Å². The molecule has 5 heterocycles. The highest BCUT2D eigenvalue weighted by molar-refractivity contribution is 5.96. The summed E-state index contributed by atoms with van der Waals surface area (Å²) in [4.78, 5) is 124. The van der Waals surface area contributed by atoms with Crippen LogP contribution in [-0.4, -0.2) is 132 Å². The number of hydrogen-bond acceptors (Lipinski definition) is 20. The Morgan fingerprint density at radius 3 is 2.38 bits per heavy atom. The van der Waals surface area contributed by atoms with Crippen molar-refractivity contribution in [3.05, 3.63) is 85.4 Å². The number of cyclic esters (lactones) is 1. The zero-order valence-electron chi connectivity index (χ0n) is 44.0. The summed E-state index contributed by atoms with van der Waals surface area (Å²) in [6, 6.07) is 6.12. The number of nitrogens with one attached hydrogen (secondary N) is 2. The van der Waals surface area contributed by atoms with Crippen LogP contribution in [0.1, 0.15) is 91.9 Å². The van der Waals surface area contributed by atoms with Gasteiger partial charge in [-0.05, 0) is 66.6 Å². The van der Waals surface area contributed by atoms with Gasteiger partial charge in [0, 0.05) is 50.4 Å². The normalized spacial score (nSPS) is 21.4. The lowest BCUT2D eigenvalue weighted by Gasteiger charge is -2.43. The summed E-state index contributed by atoms with van der Waals surface area (Å²) < 4.78 is 66.6. The summed E-state index contributed by atoms with van der Waals surface area (Å²) in [5.41, 5.74) is 0.680. The number of aryl methyl sites for hydroxylation is 1. The number of methoxy groups -OCH3 is 1. The van der Waals surface area contributed by atoms with Gasteiger partial charge in [0.05, 0.1) is 67.4 Å². The molecule has 1 fully saturated rings. The van der Waals surface area contributed by atoms with Crippen LogP contribution in [0.3, 0.4) is 0 Å². The fourth-order valence-corrected chi connectivity index (χ4v) is 10.2. The van der Waals surface area contributed by atoms with Crippen LogP contribution in [0.2, 0.25) is 0 Å². The van der Waals surface area contributed by atoms with E-state index in [0.717, 1.165) is 32.8 Å². The lowest BCUT2D eigenvalue weighted by Crippen LogP contribution is -2.64. The fourth-order valence-electron chi connectivity index (χ4n) is 10.2. The molecular formula is C54H56FN5O19. The molecule has 24 nitrogen and oxygen atoms in total. The first-order chi connectivity index (χ1) is 37.6. The third kappa shape index (κ3) is 11.4. The highest BCUT2D eigenvalue weighted by Gasteiger charge is 2.56. The molecule has 5 unspecified atom stereocenters. The molecule has 418 valence electrons. The Labute approximate surface area is 450 Å². The van der Waals surface area contributed by atoms with Gasteiger partial charge in [-0.15, -0.1) is 6.42 Å². The standard InChI is InChI=1S/C54H56FN5O19/c1-9-16-72-17-15-41(65)59(7)22-40(64)56-36-18-29(11-14-39(36)78-51-48(77-28(6)63)46(76-27(5)62)45(75-26(4)61)47(79-51)50(67)71-8)23-74-53(69)58-35-13-12-30-25(3)34(55)20-37-42(30)43(35)31-21-60-38(44(31)57-37)19-33-32(49(60)66)24-73-52(68)54(33,70)10-2/h1,11,14,18-20,35,45-48,51,70H,10,12-13,15-17,21-24H2,2-8H3,(H,56,64)(H,58,69)/t35-,45?,46?,47?,48?,51?,54-/m0/s1. The molecule has 8 rings (SSSR count). The van der Waals surface area contributed by atoms with Gasteiger partial charge in [0.15, 0.2) is 23.9 Å². The highest BCUT2D eigenvalue weighted by Crippen LogP contribution is 2.46. The number of nitrogens with zero attached hydrogens (tertiary/aromatic N) is 3. The fraction of sp³-hybridized carbons (Fsp3) is 0.444. The number of carbonyl (C=O) groups excluding carboxylic acids is 8.